The van der Waals surface area contributed by atoms with Gasteiger partial charge < -0.3 is 24.4 Å². The molecule has 3 aromatic rings. The first-order valence-corrected chi connectivity index (χ1v) is 11.9. The van der Waals surface area contributed by atoms with Crippen LogP contribution in [-0.2, 0) is 11.3 Å². The smallest absolute Gasteiger partial charge is 0.322 e. The fourth-order valence-corrected chi connectivity index (χ4v) is 4.37. The number of nitrogens with zero attached hydrogens (tertiary/aromatic N) is 3. The van der Waals surface area contributed by atoms with Gasteiger partial charge in [0, 0.05) is 36.7 Å². The van der Waals surface area contributed by atoms with Crippen LogP contribution in [0.3, 0.4) is 0 Å². The Morgan fingerprint density at radius 2 is 1.80 bits per heavy atom. The highest BCUT2D eigenvalue weighted by Crippen LogP contribution is 2.32. The summed E-state index contributed by atoms with van der Waals surface area (Å²) in [5.74, 6) is 0.236. The summed E-state index contributed by atoms with van der Waals surface area (Å²) >= 11 is 0. The number of nitrogens with one attached hydrogen (secondary N) is 1. The van der Waals surface area contributed by atoms with Crippen molar-refractivity contribution in [3.63, 3.8) is 0 Å². The Morgan fingerprint density at radius 1 is 1.09 bits per heavy atom. The molecule has 1 aromatic heterocycles. The summed E-state index contributed by atoms with van der Waals surface area (Å²) in [7, 11) is 0. The number of hydrogen-bond acceptors (Lipinski definition) is 3. The Kier molecular flexibility index (Phi) is 7.39. The third-order valence-corrected chi connectivity index (χ3v) is 6.15. The van der Waals surface area contributed by atoms with Gasteiger partial charge in [-0.2, -0.15) is 0 Å². The molecule has 7 nitrogen and oxygen atoms in total. The zero-order chi connectivity index (χ0) is 24.9. The van der Waals surface area contributed by atoms with Gasteiger partial charge in [0.15, 0.2) is 0 Å². The van der Waals surface area contributed by atoms with Gasteiger partial charge in [0.25, 0.3) is 0 Å². The lowest BCUT2D eigenvalue weighted by molar-refractivity contribution is -0.134. The normalized spacial score (nSPS) is 15.0. The largest absolute Gasteiger partial charge is 0.494 e. The topological polar surface area (TPSA) is 66.8 Å². The minimum Gasteiger partial charge on any atom is -0.494 e. The highest BCUT2D eigenvalue weighted by molar-refractivity contribution is 5.92. The van der Waals surface area contributed by atoms with Crippen LogP contribution >= 0.6 is 0 Å². The molecule has 1 atom stereocenters. The van der Waals surface area contributed by atoms with Crippen LogP contribution in [-0.4, -0.2) is 52.0 Å². The van der Waals surface area contributed by atoms with Crippen LogP contribution < -0.4 is 10.1 Å². The predicted octanol–water partition coefficient (Wildman–Crippen LogP) is 4.90. The SMILES string of the molecule is CCOc1ccc(NC(=O)N(CC(=O)N2CCn3cccc3C2c2ccc(F)cc2)C(C)C)cc1. The Balaban J connectivity index is 1.52. The van der Waals surface area contributed by atoms with Crippen LogP contribution in [0.5, 0.6) is 5.75 Å². The van der Waals surface area contributed by atoms with E-state index >= 15 is 0 Å². The van der Waals surface area contributed by atoms with Gasteiger partial charge in [-0.1, -0.05) is 12.1 Å². The van der Waals surface area contributed by atoms with Crippen molar-refractivity contribution in [3.05, 3.63) is 83.9 Å². The van der Waals surface area contributed by atoms with Gasteiger partial charge in [0.05, 0.1) is 12.6 Å². The average molecular weight is 479 g/mol. The molecule has 0 radical (unpaired) electrons. The van der Waals surface area contributed by atoms with Crippen LogP contribution in [0.15, 0.2) is 66.9 Å². The van der Waals surface area contributed by atoms with Crippen LogP contribution in [0.4, 0.5) is 14.9 Å². The van der Waals surface area contributed by atoms with Crippen LogP contribution in [0.2, 0.25) is 0 Å². The lowest BCUT2D eigenvalue weighted by Gasteiger charge is -2.39. The number of ether oxygens (including phenoxy) is 1. The molecule has 4 rings (SSSR count). The molecular weight excluding hydrogens is 447 g/mol. The predicted molar refractivity (Wildman–Crippen MR) is 133 cm³/mol. The highest BCUT2D eigenvalue weighted by Gasteiger charge is 2.34. The second-order valence-corrected chi connectivity index (χ2v) is 8.78. The highest BCUT2D eigenvalue weighted by atomic mass is 19.1. The molecule has 35 heavy (non-hydrogen) atoms. The molecule has 2 heterocycles. The molecule has 0 bridgehead atoms. The molecule has 1 N–H and O–H groups in total. The number of urea groups is 1. The fourth-order valence-electron chi connectivity index (χ4n) is 4.37. The van der Waals surface area contributed by atoms with Gasteiger partial charge in [-0.3, -0.25) is 4.79 Å². The van der Waals surface area contributed by atoms with Gasteiger partial charge in [-0.05, 0) is 74.9 Å². The number of rotatable bonds is 7. The number of amides is 3. The van der Waals surface area contributed by atoms with E-state index in [2.05, 4.69) is 9.88 Å². The van der Waals surface area contributed by atoms with Gasteiger partial charge in [-0.25, -0.2) is 9.18 Å². The molecule has 0 saturated carbocycles. The number of halogens is 1. The summed E-state index contributed by atoms with van der Waals surface area (Å²) in [6.07, 6.45) is 1.98. The number of carbonyl (C=O) groups excluding carboxylic acids is 2. The summed E-state index contributed by atoms with van der Waals surface area (Å²) in [6, 6.07) is 16.4. The first-order chi connectivity index (χ1) is 16.9. The molecule has 1 aliphatic rings. The van der Waals surface area contributed by atoms with E-state index < -0.39 is 0 Å². The Labute approximate surface area is 205 Å². The quantitative estimate of drug-likeness (QED) is 0.525. The van der Waals surface area contributed by atoms with Crippen molar-refractivity contribution in [1.29, 1.82) is 0 Å². The average Bonchev–Trinajstić information content (AvgIpc) is 3.32. The molecule has 1 aliphatic heterocycles. The first-order valence-electron chi connectivity index (χ1n) is 11.9. The van der Waals surface area contributed by atoms with E-state index in [1.807, 2.05) is 39.1 Å². The number of benzene rings is 2. The summed E-state index contributed by atoms with van der Waals surface area (Å²) < 4.78 is 21.1. The molecule has 3 amide bonds. The Bertz CT molecular complexity index is 1160. The van der Waals surface area contributed by atoms with Gasteiger partial charge in [0.2, 0.25) is 5.91 Å². The van der Waals surface area contributed by atoms with Crippen LogP contribution in [0.1, 0.15) is 38.1 Å². The maximum Gasteiger partial charge on any atom is 0.322 e. The van der Waals surface area contributed by atoms with Gasteiger partial charge in [0.1, 0.15) is 18.1 Å². The zero-order valence-corrected chi connectivity index (χ0v) is 20.3. The van der Waals surface area contributed by atoms with E-state index in [4.69, 9.17) is 4.74 Å². The van der Waals surface area contributed by atoms with Crippen molar-refractivity contribution in [2.75, 3.05) is 25.0 Å². The summed E-state index contributed by atoms with van der Waals surface area (Å²) in [5.41, 5.74) is 2.41. The molecule has 0 aliphatic carbocycles. The van der Waals surface area contributed by atoms with Crippen molar-refractivity contribution < 1.29 is 18.7 Å². The van der Waals surface area contributed by atoms with Gasteiger partial charge >= 0.3 is 6.03 Å². The van der Waals surface area contributed by atoms with Crippen molar-refractivity contribution in [1.82, 2.24) is 14.4 Å². The minimum absolute atomic E-state index is 0.0705. The second-order valence-electron chi connectivity index (χ2n) is 8.78. The molecule has 0 fully saturated rings. The van der Waals surface area contributed by atoms with E-state index in [1.165, 1.54) is 17.0 Å². The number of fused-ring (bicyclic) bond motifs is 1. The van der Waals surface area contributed by atoms with Crippen LogP contribution in [0.25, 0.3) is 0 Å². The van der Waals surface area contributed by atoms with E-state index in [-0.39, 0.29) is 36.4 Å². The summed E-state index contributed by atoms with van der Waals surface area (Å²) in [5, 5.41) is 2.88. The molecule has 184 valence electrons. The number of hydrogen-bond donors (Lipinski definition) is 1. The maximum atomic E-state index is 13.6. The lowest BCUT2D eigenvalue weighted by Crippen LogP contribution is -2.50. The fraction of sp³-hybridized carbons (Fsp3) is 0.333. The van der Waals surface area contributed by atoms with E-state index in [0.717, 1.165) is 17.0 Å². The molecule has 1 unspecified atom stereocenters. The third kappa shape index (κ3) is 5.48. The number of carbonyl (C=O) groups is 2. The summed E-state index contributed by atoms with van der Waals surface area (Å²) in [4.78, 5) is 30.0. The van der Waals surface area contributed by atoms with Crippen molar-refractivity contribution in [2.45, 2.75) is 39.4 Å². The standard InChI is InChI=1S/C27H31FN4O3/c1-4-35-23-13-11-22(12-14-23)29-27(34)32(19(2)3)18-25(33)31-17-16-30-15-5-6-24(30)26(31)20-7-9-21(28)10-8-20/h5-15,19,26H,4,16-18H2,1-3H3,(H,29,34). The minimum atomic E-state index is -0.352. The van der Waals surface area contributed by atoms with E-state index in [0.29, 0.717) is 25.4 Å². The number of anilines is 1. The second kappa shape index (κ2) is 10.6. The van der Waals surface area contributed by atoms with Crippen molar-refractivity contribution in [2.24, 2.45) is 0 Å². The Hall–Kier alpha value is -3.81. The summed E-state index contributed by atoms with van der Waals surface area (Å²) in [6.45, 7) is 7.32. The maximum absolute atomic E-state index is 13.6. The van der Waals surface area contributed by atoms with Crippen LogP contribution in [0, 0.1) is 5.82 Å². The zero-order valence-electron chi connectivity index (χ0n) is 20.3. The molecular formula is C27H31FN4O3. The third-order valence-electron chi connectivity index (χ3n) is 6.15. The van der Waals surface area contributed by atoms with Gasteiger partial charge in [-0.15, -0.1) is 0 Å². The van der Waals surface area contributed by atoms with Crippen molar-refractivity contribution >= 4 is 17.6 Å². The molecule has 8 heteroatoms. The molecule has 0 spiro atoms. The lowest BCUT2D eigenvalue weighted by atomic mass is 9.99. The van der Waals surface area contributed by atoms with E-state index in [1.54, 1.807) is 41.3 Å². The Morgan fingerprint density at radius 3 is 2.46 bits per heavy atom. The molecule has 0 saturated heterocycles. The van der Waals surface area contributed by atoms with Crippen molar-refractivity contribution in [3.8, 4) is 5.75 Å². The monoisotopic (exact) mass is 478 g/mol. The molecule has 2 aromatic carbocycles. The number of aromatic nitrogens is 1. The first kappa shape index (κ1) is 24.3. The van der Waals surface area contributed by atoms with E-state index in [9.17, 15) is 14.0 Å².